The van der Waals surface area contributed by atoms with Crippen LogP contribution in [0, 0.1) is 5.92 Å². The lowest BCUT2D eigenvalue weighted by Gasteiger charge is -2.34. The van der Waals surface area contributed by atoms with E-state index in [9.17, 15) is 4.79 Å². The number of hydrogen-bond donors (Lipinski definition) is 1. The largest absolute Gasteiger partial charge is 0.497 e. The maximum absolute atomic E-state index is 12.8. The van der Waals surface area contributed by atoms with E-state index in [2.05, 4.69) is 15.4 Å². The summed E-state index contributed by atoms with van der Waals surface area (Å²) < 4.78 is 6.80. The van der Waals surface area contributed by atoms with Crippen molar-refractivity contribution in [3.05, 3.63) is 60.0 Å². The van der Waals surface area contributed by atoms with Crippen molar-refractivity contribution in [2.45, 2.75) is 25.3 Å². The molecular formula is C19H20N4O2. The molecule has 0 bridgehead atoms. The number of aromatic nitrogens is 3. The van der Waals surface area contributed by atoms with E-state index in [-0.39, 0.29) is 11.9 Å². The number of nitrogens with one attached hydrogen (secondary N) is 1. The molecule has 0 saturated heterocycles. The van der Waals surface area contributed by atoms with Gasteiger partial charge in [-0.3, -0.25) is 4.79 Å². The summed E-state index contributed by atoms with van der Waals surface area (Å²) in [7, 11) is 1.65. The SMILES string of the molecule is COc1ccc(C(NC(=O)c2cnc3cccnn23)C2CCC2)cc1. The monoisotopic (exact) mass is 336 g/mol. The minimum absolute atomic E-state index is 0.0126. The Kier molecular flexibility index (Phi) is 4.09. The maximum Gasteiger partial charge on any atom is 0.272 e. The summed E-state index contributed by atoms with van der Waals surface area (Å²) in [6.07, 6.45) is 6.69. The zero-order valence-corrected chi connectivity index (χ0v) is 14.1. The predicted octanol–water partition coefficient (Wildman–Crippen LogP) is 3.01. The second kappa shape index (κ2) is 6.55. The van der Waals surface area contributed by atoms with Gasteiger partial charge in [-0.25, -0.2) is 9.50 Å². The highest BCUT2D eigenvalue weighted by molar-refractivity contribution is 5.93. The van der Waals surface area contributed by atoms with Crippen LogP contribution >= 0.6 is 0 Å². The minimum atomic E-state index is -0.154. The topological polar surface area (TPSA) is 68.5 Å². The molecule has 6 heteroatoms. The van der Waals surface area contributed by atoms with E-state index < -0.39 is 0 Å². The molecule has 1 aromatic carbocycles. The third kappa shape index (κ3) is 2.95. The van der Waals surface area contributed by atoms with E-state index in [4.69, 9.17) is 4.74 Å². The molecule has 0 aliphatic heterocycles. The van der Waals surface area contributed by atoms with Crippen LogP contribution in [0.1, 0.15) is 41.4 Å². The van der Waals surface area contributed by atoms with Gasteiger partial charge in [0.25, 0.3) is 5.91 Å². The Hall–Kier alpha value is -2.89. The number of carbonyl (C=O) groups is 1. The fraction of sp³-hybridized carbons (Fsp3) is 0.316. The van der Waals surface area contributed by atoms with Crippen LogP contribution in [-0.4, -0.2) is 27.6 Å². The minimum Gasteiger partial charge on any atom is -0.497 e. The normalized spacial score (nSPS) is 15.6. The third-order valence-corrected chi connectivity index (χ3v) is 4.89. The summed E-state index contributed by atoms with van der Waals surface area (Å²) in [5.74, 6) is 1.12. The molecule has 4 rings (SSSR count). The number of nitrogens with zero attached hydrogens (tertiary/aromatic N) is 3. The number of amides is 1. The predicted molar refractivity (Wildman–Crippen MR) is 93.5 cm³/mol. The molecule has 0 spiro atoms. The van der Waals surface area contributed by atoms with Gasteiger partial charge in [0.05, 0.1) is 19.3 Å². The molecule has 1 atom stereocenters. The van der Waals surface area contributed by atoms with E-state index in [1.165, 1.54) is 6.42 Å². The molecule has 1 amide bonds. The maximum atomic E-state index is 12.8. The van der Waals surface area contributed by atoms with Crippen molar-refractivity contribution in [2.24, 2.45) is 5.92 Å². The first-order valence-electron chi connectivity index (χ1n) is 8.50. The van der Waals surface area contributed by atoms with Crippen LogP contribution in [0.25, 0.3) is 5.65 Å². The van der Waals surface area contributed by atoms with Crippen LogP contribution in [0.4, 0.5) is 0 Å². The molecule has 3 aromatic rings. The smallest absolute Gasteiger partial charge is 0.272 e. The van der Waals surface area contributed by atoms with Gasteiger partial charge >= 0.3 is 0 Å². The van der Waals surface area contributed by atoms with Gasteiger partial charge in [0.2, 0.25) is 0 Å². The second-order valence-electron chi connectivity index (χ2n) is 6.35. The third-order valence-electron chi connectivity index (χ3n) is 4.89. The van der Waals surface area contributed by atoms with Crippen LogP contribution in [0.15, 0.2) is 48.8 Å². The number of rotatable bonds is 5. The molecule has 1 saturated carbocycles. The zero-order chi connectivity index (χ0) is 17.2. The Morgan fingerprint density at radius 2 is 2.08 bits per heavy atom. The van der Waals surface area contributed by atoms with E-state index in [1.807, 2.05) is 30.3 Å². The molecule has 1 aliphatic rings. The second-order valence-corrected chi connectivity index (χ2v) is 6.35. The molecule has 2 aromatic heterocycles. The summed E-state index contributed by atoms with van der Waals surface area (Å²) in [5, 5.41) is 7.41. The molecule has 0 radical (unpaired) electrons. The molecule has 128 valence electrons. The highest BCUT2D eigenvalue weighted by atomic mass is 16.5. The Morgan fingerprint density at radius 3 is 2.76 bits per heavy atom. The fourth-order valence-corrected chi connectivity index (χ4v) is 3.26. The Morgan fingerprint density at radius 1 is 1.28 bits per heavy atom. The van der Waals surface area contributed by atoms with Crippen molar-refractivity contribution in [1.29, 1.82) is 0 Å². The summed E-state index contributed by atoms with van der Waals surface area (Å²) >= 11 is 0. The first-order valence-corrected chi connectivity index (χ1v) is 8.50. The fourth-order valence-electron chi connectivity index (χ4n) is 3.26. The van der Waals surface area contributed by atoms with E-state index in [1.54, 1.807) is 30.1 Å². The molecule has 25 heavy (non-hydrogen) atoms. The lowest BCUT2D eigenvalue weighted by atomic mass is 9.77. The van der Waals surface area contributed by atoms with Crippen LogP contribution in [0.3, 0.4) is 0 Å². The first-order chi connectivity index (χ1) is 12.3. The highest BCUT2D eigenvalue weighted by Gasteiger charge is 2.30. The van der Waals surface area contributed by atoms with Crippen LogP contribution in [-0.2, 0) is 0 Å². The Balaban J connectivity index is 1.60. The van der Waals surface area contributed by atoms with Gasteiger partial charge in [0.15, 0.2) is 5.65 Å². The van der Waals surface area contributed by atoms with Gasteiger partial charge in [0, 0.05) is 6.20 Å². The first kappa shape index (κ1) is 15.6. The summed E-state index contributed by atoms with van der Waals surface area (Å²) in [4.78, 5) is 17.1. The van der Waals surface area contributed by atoms with Gasteiger partial charge in [0.1, 0.15) is 11.4 Å². The van der Waals surface area contributed by atoms with E-state index in [0.717, 1.165) is 24.2 Å². The van der Waals surface area contributed by atoms with Gasteiger partial charge in [-0.1, -0.05) is 18.6 Å². The number of benzene rings is 1. The van der Waals surface area contributed by atoms with E-state index in [0.29, 0.717) is 17.3 Å². The van der Waals surface area contributed by atoms with Gasteiger partial charge in [-0.05, 0) is 48.6 Å². The molecule has 6 nitrogen and oxygen atoms in total. The summed E-state index contributed by atoms with van der Waals surface area (Å²) in [5.41, 5.74) is 2.21. The van der Waals surface area contributed by atoms with Gasteiger partial charge in [-0.15, -0.1) is 0 Å². The number of carbonyl (C=O) groups excluding carboxylic acids is 1. The van der Waals surface area contributed by atoms with Crippen molar-refractivity contribution >= 4 is 11.6 Å². The summed E-state index contributed by atoms with van der Waals surface area (Å²) in [6, 6.07) is 11.5. The molecular weight excluding hydrogens is 316 g/mol. The molecule has 1 N–H and O–H groups in total. The standard InChI is InChI=1S/C19H20N4O2/c1-25-15-9-7-14(8-10-15)18(13-4-2-5-13)22-19(24)16-12-20-17-6-3-11-21-23(16)17/h3,6-13,18H,2,4-5H2,1H3,(H,22,24). The van der Waals surface area contributed by atoms with Crippen molar-refractivity contribution in [2.75, 3.05) is 7.11 Å². The molecule has 2 heterocycles. The quantitative estimate of drug-likeness (QED) is 0.778. The molecule has 1 aliphatic carbocycles. The van der Waals surface area contributed by atoms with Crippen molar-refractivity contribution in [1.82, 2.24) is 19.9 Å². The lowest BCUT2D eigenvalue weighted by molar-refractivity contribution is 0.0893. The number of methoxy groups -OCH3 is 1. The highest BCUT2D eigenvalue weighted by Crippen LogP contribution is 2.38. The number of hydrogen-bond acceptors (Lipinski definition) is 4. The van der Waals surface area contributed by atoms with Gasteiger partial charge in [-0.2, -0.15) is 5.10 Å². The molecule has 1 fully saturated rings. The lowest BCUT2D eigenvalue weighted by Crippen LogP contribution is -2.36. The summed E-state index contributed by atoms with van der Waals surface area (Å²) in [6.45, 7) is 0. The van der Waals surface area contributed by atoms with Gasteiger partial charge < -0.3 is 10.1 Å². The average Bonchev–Trinajstić information content (AvgIpc) is 3.04. The van der Waals surface area contributed by atoms with Crippen molar-refractivity contribution in [3.8, 4) is 5.75 Å². The van der Waals surface area contributed by atoms with Crippen LogP contribution in [0.5, 0.6) is 5.75 Å². The number of ether oxygens (including phenoxy) is 1. The van der Waals surface area contributed by atoms with Crippen molar-refractivity contribution in [3.63, 3.8) is 0 Å². The zero-order valence-electron chi connectivity index (χ0n) is 14.1. The number of imidazole rings is 1. The average molecular weight is 336 g/mol. The van der Waals surface area contributed by atoms with E-state index >= 15 is 0 Å². The number of fused-ring (bicyclic) bond motifs is 1. The van der Waals surface area contributed by atoms with Crippen molar-refractivity contribution < 1.29 is 9.53 Å². The molecule has 1 unspecified atom stereocenters. The van der Waals surface area contributed by atoms with Crippen LogP contribution < -0.4 is 10.1 Å². The van der Waals surface area contributed by atoms with Crippen LogP contribution in [0.2, 0.25) is 0 Å². The Labute approximate surface area is 145 Å². The Bertz CT molecular complexity index is 884.